The molecule has 2 aromatic heterocycles. The number of aromatic nitrogens is 3. The normalized spacial score (nSPS) is 12.4. The molecule has 1 atom stereocenters. The third kappa shape index (κ3) is 3.42. The van der Waals surface area contributed by atoms with Crippen LogP contribution in [0.25, 0.3) is 0 Å². The average Bonchev–Trinajstić information content (AvgIpc) is 2.72. The minimum Gasteiger partial charge on any atom is -0.435 e. The fraction of sp³-hybridized carbons (Fsp3) is 0.500. The van der Waals surface area contributed by atoms with Gasteiger partial charge in [-0.2, -0.15) is 5.10 Å². The molecule has 0 aliphatic rings. The van der Waals surface area contributed by atoms with Crippen LogP contribution in [0.15, 0.2) is 18.3 Å². The Morgan fingerprint density at radius 3 is 2.76 bits per heavy atom. The van der Waals surface area contributed by atoms with Gasteiger partial charge in [-0.1, -0.05) is 13.0 Å². The Hall–Kier alpha value is -1.88. The first-order chi connectivity index (χ1) is 10.0. The van der Waals surface area contributed by atoms with Crippen LogP contribution >= 0.6 is 0 Å². The van der Waals surface area contributed by atoms with Crippen molar-refractivity contribution in [2.75, 3.05) is 6.54 Å². The summed E-state index contributed by atoms with van der Waals surface area (Å²) in [4.78, 5) is 4.40. The van der Waals surface area contributed by atoms with Gasteiger partial charge in [-0.3, -0.25) is 4.68 Å². The van der Waals surface area contributed by atoms with E-state index in [1.807, 2.05) is 31.6 Å². The van der Waals surface area contributed by atoms with Crippen LogP contribution in [-0.2, 0) is 7.05 Å². The van der Waals surface area contributed by atoms with Crippen molar-refractivity contribution in [2.24, 2.45) is 7.05 Å². The van der Waals surface area contributed by atoms with Gasteiger partial charge in [0.05, 0.1) is 5.69 Å². The molecule has 5 heteroatoms. The quantitative estimate of drug-likeness (QED) is 0.886. The molecular weight excluding hydrogens is 264 g/mol. The summed E-state index contributed by atoms with van der Waals surface area (Å²) in [5.41, 5.74) is 2.94. The lowest BCUT2D eigenvalue weighted by atomic mass is 10.1. The molecule has 0 fully saturated rings. The first-order valence-corrected chi connectivity index (χ1v) is 7.41. The molecule has 0 saturated carbocycles. The summed E-state index contributed by atoms with van der Waals surface area (Å²) in [6.45, 7) is 9.20. The van der Waals surface area contributed by atoms with Gasteiger partial charge in [-0.15, -0.1) is 0 Å². The molecule has 2 heterocycles. The number of pyridine rings is 1. The predicted molar refractivity (Wildman–Crippen MR) is 83.7 cm³/mol. The van der Waals surface area contributed by atoms with Crippen molar-refractivity contribution in [2.45, 2.75) is 40.2 Å². The number of nitrogens with zero attached hydrogens (tertiary/aromatic N) is 3. The van der Waals surface area contributed by atoms with Gasteiger partial charge < -0.3 is 10.1 Å². The molecule has 1 N–H and O–H groups in total. The molecule has 1 unspecified atom stereocenters. The number of hydrogen-bond donors (Lipinski definition) is 1. The lowest BCUT2D eigenvalue weighted by Gasteiger charge is -2.17. The SMILES string of the molecule is CCCNC(C)c1cccnc1Oc1c(C)nn(C)c1C. The van der Waals surface area contributed by atoms with Crippen LogP contribution in [0.2, 0.25) is 0 Å². The predicted octanol–water partition coefficient (Wildman–Crippen LogP) is 3.28. The molecule has 2 rings (SSSR count). The number of ether oxygens (including phenoxy) is 1. The van der Waals surface area contributed by atoms with Crippen molar-refractivity contribution in [3.05, 3.63) is 35.3 Å². The molecule has 0 aliphatic heterocycles. The van der Waals surface area contributed by atoms with Crippen molar-refractivity contribution in [3.63, 3.8) is 0 Å². The second-order valence-electron chi connectivity index (χ2n) is 5.30. The van der Waals surface area contributed by atoms with Crippen LogP contribution in [-0.4, -0.2) is 21.3 Å². The van der Waals surface area contributed by atoms with Gasteiger partial charge in [0, 0.05) is 24.8 Å². The molecule has 0 amide bonds. The summed E-state index contributed by atoms with van der Waals surface area (Å²) in [5, 5.41) is 7.85. The zero-order valence-corrected chi connectivity index (χ0v) is 13.5. The van der Waals surface area contributed by atoms with Crippen LogP contribution in [0.5, 0.6) is 11.6 Å². The van der Waals surface area contributed by atoms with E-state index in [1.165, 1.54) is 0 Å². The summed E-state index contributed by atoms with van der Waals surface area (Å²) in [6, 6.07) is 4.19. The van der Waals surface area contributed by atoms with Gasteiger partial charge >= 0.3 is 0 Å². The summed E-state index contributed by atoms with van der Waals surface area (Å²) in [5.74, 6) is 1.44. The molecule has 5 nitrogen and oxygen atoms in total. The Morgan fingerprint density at radius 1 is 1.38 bits per heavy atom. The van der Waals surface area contributed by atoms with Crippen molar-refractivity contribution < 1.29 is 4.74 Å². The van der Waals surface area contributed by atoms with Crippen LogP contribution < -0.4 is 10.1 Å². The molecule has 0 radical (unpaired) electrons. The number of aryl methyl sites for hydroxylation is 2. The van der Waals surface area contributed by atoms with Crippen LogP contribution in [0, 0.1) is 13.8 Å². The lowest BCUT2D eigenvalue weighted by molar-refractivity contribution is 0.436. The van der Waals surface area contributed by atoms with Gasteiger partial charge in [0.25, 0.3) is 0 Å². The number of nitrogens with one attached hydrogen (secondary N) is 1. The molecule has 2 aromatic rings. The van der Waals surface area contributed by atoms with E-state index >= 15 is 0 Å². The lowest BCUT2D eigenvalue weighted by Crippen LogP contribution is -2.20. The van der Waals surface area contributed by atoms with Gasteiger partial charge in [0.2, 0.25) is 5.88 Å². The van der Waals surface area contributed by atoms with Crippen LogP contribution in [0.4, 0.5) is 0 Å². The molecule has 0 spiro atoms. The number of rotatable bonds is 6. The van der Waals surface area contributed by atoms with E-state index in [2.05, 4.69) is 35.3 Å². The van der Waals surface area contributed by atoms with E-state index < -0.39 is 0 Å². The van der Waals surface area contributed by atoms with Crippen LogP contribution in [0.1, 0.15) is 43.3 Å². The van der Waals surface area contributed by atoms with Gasteiger partial charge in [0.15, 0.2) is 5.75 Å². The largest absolute Gasteiger partial charge is 0.435 e. The Kier molecular flexibility index (Phi) is 4.96. The molecule has 0 bridgehead atoms. The number of hydrogen-bond acceptors (Lipinski definition) is 4. The van der Waals surface area contributed by atoms with E-state index in [0.29, 0.717) is 5.88 Å². The van der Waals surface area contributed by atoms with Crippen molar-refractivity contribution in [1.29, 1.82) is 0 Å². The summed E-state index contributed by atoms with van der Waals surface area (Å²) in [6.07, 6.45) is 2.86. The van der Waals surface area contributed by atoms with Crippen LogP contribution in [0.3, 0.4) is 0 Å². The Balaban J connectivity index is 2.28. The van der Waals surface area contributed by atoms with Crippen molar-refractivity contribution >= 4 is 0 Å². The Bertz CT molecular complexity index is 606. The Labute approximate surface area is 126 Å². The highest BCUT2D eigenvalue weighted by Crippen LogP contribution is 2.31. The smallest absolute Gasteiger partial charge is 0.224 e. The monoisotopic (exact) mass is 288 g/mol. The summed E-state index contributed by atoms with van der Waals surface area (Å²) < 4.78 is 7.88. The van der Waals surface area contributed by atoms with E-state index in [-0.39, 0.29) is 6.04 Å². The zero-order valence-electron chi connectivity index (χ0n) is 13.5. The van der Waals surface area contributed by atoms with E-state index in [1.54, 1.807) is 6.20 Å². The molecule has 0 aromatic carbocycles. The highest BCUT2D eigenvalue weighted by molar-refractivity contribution is 5.38. The second-order valence-corrected chi connectivity index (χ2v) is 5.30. The maximum Gasteiger partial charge on any atom is 0.224 e. The molecule has 21 heavy (non-hydrogen) atoms. The fourth-order valence-corrected chi connectivity index (χ4v) is 2.29. The third-order valence-electron chi connectivity index (χ3n) is 3.61. The second kappa shape index (κ2) is 6.72. The minimum atomic E-state index is 0.200. The van der Waals surface area contributed by atoms with Crippen molar-refractivity contribution in [1.82, 2.24) is 20.1 Å². The van der Waals surface area contributed by atoms with E-state index in [0.717, 1.165) is 35.7 Å². The first kappa shape index (κ1) is 15.5. The Morgan fingerprint density at radius 2 is 2.14 bits per heavy atom. The molecular formula is C16H24N4O. The highest BCUT2D eigenvalue weighted by Gasteiger charge is 2.17. The minimum absolute atomic E-state index is 0.200. The maximum absolute atomic E-state index is 6.06. The maximum atomic E-state index is 6.06. The summed E-state index contributed by atoms with van der Waals surface area (Å²) >= 11 is 0. The highest BCUT2D eigenvalue weighted by atomic mass is 16.5. The van der Waals surface area contributed by atoms with Gasteiger partial charge in [-0.05, 0) is 39.8 Å². The topological polar surface area (TPSA) is 52.0 Å². The van der Waals surface area contributed by atoms with Gasteiger partial charge in [0.1, 0.15) is 5.69 Å². The summed E-state index contributed by atoms with van der Waals surface area (Å²) in [7, 11) is 1.92. The zero-order chi connectivity index (χ0) is 15.4. The first-order valence-electron chi connectivity index (χ1n) is 7.41. The average molecular weight is 288 g/mol. The van der Waals surface area contributed by atoms with Gasteiger partial charge in [-0.25, -0.2) is 4.98 Å². The molecule has 0 aliphatic carbocycles. The fourth-order valence-electron chi connectivity index (χ4n) is 2.29. The standard InChI is InChI=1S/C16H24N4O/c1-6-9-17-11(2)14-8-7-10-18-16(14)21-15-12(3)19-20(5)13(15)4/h7-8,10-11,17H,6,9H2,1-5H3. The molecule has 0 saturated heterocycles. The van der Waals surface area contributed by atoms with Crippen molar-refractivity contribution in [3.8, 4) is 11.6 Å². The van der Waals surface area contributed by atoms with E-state index in [4.69, 9.17) is 4.74 Å². The van der Waals surface area contributed by atoms with E-state index in [9.17, 15) is 0 Å². The molecule has 114 valence electrons. The third-order valence-corrected chi connectivity index (χ3v) is 3.61.